The molecule has 3 unspecified atom stereocenters. The van der Waals surface area contributed by atoms with E-state index in [0.717, 1.165) is 31.0 Å². The van der Waals surface area contributed by atoms with Gasteiger partial charge in [0, 0.05) is 13.2 Å². The van der Waals surface area contributed by atoms with Gasteiger partial charge in [-0.25, -0.2) is 0 Å². The van der Waals surface area contributed by atoms with Crippen molar-refractivity contribution in [3.63, 3.8) is 0 Å². The highest BCUT2D eigenvalue weighted by atomic mass is 16.5. The Labute approximate surface area is 81.0 Å². The standard InChI is InChI=1S/C11H21NO/c1-9-5-11(9)7-12-6-10-3-2-4-13-8-10/h9-12H,2-8H2,1H3. The lowest BCUT2D eigenvalue weighted by atomic mass is 10.0. The van der Waals surface area contributed by atoms with Crippen molar-refractivity contribution in [2.24, 2.45) is 17.8 Å². The molecule has 1 heterocycles. The molecule has 1 saturated carbocycles. The van der Waals surface area contributed by atoms with Crippen molar-refractivity contribution in [2.75, 3.05) is 26.3 Å². The third-order valence-electron chi connectivity index (χ3n) is 3.37. The normalized spacial score (nSPS) is 39.0. The molecule has 1 saturated heterocycles. The second kappa shape index (κ2) is 4.43. The first-order valence-corrected chi connectivity index (χ1v) is 5.64. The first kappa shape index (κ1) is 9.47. The van der Waals surface area contributed by atoms with Gasteiger partial charge in [0.15, 0.2) is 0 Å². The lowest BCUT2D eigenvalue weighted by Crippen LogP contribution is -2.30. The van der Waals surface area contributed by atoms with Gasteiger partial charge < -0.3 is 10.1 Å². The average molecular weight is 183 g/mol. The molecule has 3 atom stereocenters. The highest BCUT2D eigenvalue weighted by molar-refractivity contribution is 4.84. The van der Waals surface area contributed by atoms with Crippen LogP contribution in [-0.4, -0.2) is 26.3 Å². The maximum Gasteiger partial charge on any atom is 0.0506 e. The molecule has 2 rings (SSSR count). The molecule has 0 bridgehead atoms. The number of ether oxygens (including phenoxy) is 1. The predicted octanol–water partition coefficient (Wildman–Crippen LogP) is 1.66. The molecule has 0 aromatic rings. The largest absolute Gasteiger partial charge is 0.381 e. The van der Waals surface area contributed by atoms with Crippen molar-refractivity contribution in [1.82, 2.24) is 5.32 Å². The summed E-state index contributed by atoms with van der Waals surface area (Å²) in [6.07, 6.45) is 4.05. The fraction of sp³-hybridized carbons (Fsp3) is 1.00. The van der Waals surface area contributed by atoms with Crippen molar-refractivity contribution in [3.8, 4) is 0 Å². The first-order chi connectivity index (χ1) is 6.36. The van der Waals surface area contributed by atoms with Gasteiger partial charge in [-0.15, -0.1) is 0 Å². The van der Waals surface area contributed by atoms with Crippen LogP contribution in [-0.2, 0) is 4.74 Å². The Morgan fingerprint density at radius 2 is 2.23 bits per heavy atom. The van der Waals surface area contributed by atoms with Crippen LogP contribution in [0.25, 0.3) is 0 Å². The molecule has 2 nitrogen and oxygen atoms in total. The summed E-state index contributed by atoms with van der Waals surface area (Å²) >= 11 is 0. The summed E-state index contributed by atoms with van der Waals surface area (Å²) in [5.41, 5.74) is 0. The molecule has 76 valence electrons. The number of rotatable bonds is 4. The summed E-state index contributed by atoms with van der Waals surface area (Å²) < 4.78 is 5.44. The Hall–Kier alpha value is -0.0800. The van der Waals surface area contributed by atoms with Crippen LogP contribution < -0.4 is 5.32 Å². The minimum Gasteiger partial charge on any atom is -0.381 e. The van der Waals surface area contributed by atoms with E-state index in [-0.39, 0.29) is 0 Å². The van der Waals surface area contributed by atoms with E-state index in [1.165, 1.54) is 32.4 Å². The van der Waals surface area contributed by atoms with Crippen LogP contribution in [0.5, 0.6) is 0 Å². The van der Waals surface area contributed by atoms with Crippen molar-refractivity contribution in [2.45, 2.75) is 26.2 Å². The van der Waals surface area contributed by atoms with Gasteiger partial charge in [0.05, 0.1) is 6.61 Å². The molecule has 2 fully saturated rings. The van der Waals surface area contributed by atoms with Crippen LogP contribution in [0.2, 0.25) is 0 Å². The molecule has 2 aliphatic rings. The van der Waals surface area contributed by atoms with Crippen molar-refractivity contribution in [1.29, 1.82) is 0 Å². The molecule has 1 aliphatic heterocycles. The van der Waals surface area contributed by atoms with Gasteiger partial charge in [0.25, 0.3) is 0 Å². The first-order valence-electron chi connectivity index (χ1n) is 5.64. The Morgan fingerprint density at radius 3 is 2.85 bits per heavy atom. The van der Waals surface area contributed by atoms with Gasteiger partial charge in [0.2, 0.25) is 0 Å². The van der Waals surface area contributed by atoms with E-state index >= 15 is 0 Å². The van der Waals surface area contributed by atoms with Gasteiger partial charge in [0.1, 0.15) is 0 Å². The van der Waals surface area contributed by atoms with E-state index in [4.69, 9.17) is 4.74 Å². The maximum absolute atomic E-state index is 5.44. The zero-order valence-corrected chi connectivity index (χ0v) is 8.59. The topological polar surface area (TPSA) is 21.3 Å². The molecular formula is C11H21NO. The van der Waals surface area contributed by atoms with Crippen LogP contribution in [0.4, 0.5) is 0 Å². The summed E-state index contributed by atoms with van der Waals surface area (Å²) in [5, 5.41) is 3.57. The third-order valence-corrected chi connectivity index (χ3v) is 3.37. The molecule has 1 N–H and O–H groups in total. The molecule has 0 amide bonds. The lowest BCUT2D eigenvalue weighted by molar-refractivity contribution is 0.0548. The summed E-state index contributed by atoms with van der Waals surface area (Å²) in [6, 6.07) is 0. The molecule has 0 aromatic heterocycles. The third kappa shape index (κ3) is 2.96. The second-order valence-electron chi connectivity index (χ2n) is 4.71. The van der Waals surface area contributed by atoms with Crippen LogP contribution in [0.1, 0.15) is 26.2 Å². The van der Waals surface area contributed by atoms with Crippen molar-refractivity contribution in [3.05, 3.63) is 0 Å². The highest BCUT2D eigenvalue weighted by Crippen LogP contribution is 2.36. The van der Waals surface area contributed by atoms with Crippen LogP contribution in [0.3, 0.4) is 0 Å². The number of hydrogen-bond acceptors (Lipinski definition) is 2. The number of nitrogens with one attached hydrogen (secondary N) is 1. The molecule has 0 spiro atoms. The van der Waals surface area contributed by atoms with Gasteiger partial charge in [-0.1, -0.05) is 6.92 Å². The Balaban J connectivity index is 1.51. The van der Waals surface area contributed by atoms with E-state index in [0.29, 0.717) is 0 Å². The summed E-state index contributed by atoms with van der Waals surface area (Å²) in [7, 11) is 0. The zero-order valence-electron chi connectivity index (χ0n) is 8.59. The molecule has 2 heteroatoms. The van der Waals surface area contributed by atoms with E-state index in [9.17, 15) is 0 Å². The fourth-order valence-electron chi connectivity index (χ4n) is 2.12. The van der Waals surface area contributed by atoms with E-state index in [2.05, 4.69) is 12.2 Å². The minimum atomic E-state index is 0.780. The van der Waals surface area contributed by atoms with Crippen molar-refractivity contribution < 1.29 is 4.74 Å². The predicted molar refractivity (Wildman–Crippen MR) is 53.7 cm³/mol. The van der Waals surface area contributed by atoms with Gasteiger partial charge in [-0.2, -0.15) is 0 Å². The second-order valence-corrected chi connectivity index (χ2v) is 4.71. The smallest absolute Gasteiger partial charge is 0.0506 e. The Kier molecular flexibility index (Phi) is 3.23. The Bertz CT molecular complexity index is 154. The number of hydrogen-bond donors (Lipinski definition) is 1. The van der Waals surface area contributed by atoms with E-state index in [1.807, 2.05) is 0 Å². The fourth-order valence-corrected chi connectivity index (χ4v) is 2.12. The van der Waals surface area contributed by atoms with Crippen molar-refractivity contribution >= 4 is 0 Å². The molecule has 0 aromatic carbocycles. The van der Waals surface area contributed by atoms with Gasteiger partial charge >= 0.3 is 0 Å². The SMILES string of the molecule is CC1CC1CNCC1CCCOC1. The van der Waals surface area contributed by atoms with Crippen LogP contribution in [0.15, 0.2) is 0 Å². The minimum absolute atomic E-state index is 0.780. The lowest BCUT2D eigenvalue weighted by Gasteiger charge is -2.22. The average Bonchev–Trinajstić information content (AvgIpc) is 2.84. The van der Waals surface area contributed by atoms with Crippen LogP contribution in [0, 0.1) is 17.8 Å². The molecule has 1 aliphatic carbocycles. The molecule has 0 radical (unpaired) electrons. The van der Waals surface area contributed by atoms with E-state index < -0.39 is 0 Å². The highest BCUT2D eigenvalue weighted by Gasteiger charge is 2.31. The van der Waals surface area contributed by atoms with Gasteiger partial charge in [-0.3, -0.25) is 0 Å². The molecular weight excluding hydrogens is 162 g/mol. The summed E-state index contributed by atoms with van der Waals surface area (Å²) in [6.45, 7) is 6.71. The van der Waals surface area contributed by atoms with E-state index in [1.54, 1.807) is 0 Å². The monoisotopic (exact) mass is 183 g/mol. The zero-order chi connectivity index (χ0) is 9.10. The summed E-state index contributed by atoms with van der Waals surface area (Å²) in [5.74, 6) is 2.74. The molecule has 13 heavy (non-hydrogen) atoms. The quantitative estimate of drug-likeness (QED) is 0.715. The van der Waals surface area contributed by atoms with Crippen LogP contribution >= 0.6 is 0 Å². The Morgan fingerprint density at radius 1 is 1.38 bits per heavy atom. The maximum atomic E-state index is 5.44. The van der Waals surface area contributed by atoms with Gasteiger partial charge in [-0.05, 0) is 43.6 Å². The summed E-state index contributed by atoms with van der Waals surface area (Å²) in [4.78, 5) is 0.